The van der Waals surface area contributed by atoms with E-state index < -0.39 is 6.10 Å². The number of para-hydroxylation sites is 1. The van der Waals surface area contributed by atoms with E-state index in [9.17, 15) is 9.50 Å². The third kappa shape index (κ3) is 4.16. The van der Waals surface area contributed by atoms with E-state index in [0.29, 0.717) is 25.1 Å². The molecule has 1 aliphatic rings. The van der Waals surface area contributed by atoms with Gasteiger partial charge >= 0.3 is 0 Å². The number of hydrogen-bond donors (Lipinski definition) is 2. The highest BCUT2D eigenvalue weighted by Gasteiger charge is 2.31. The molecule has 2 aromatic carbocycles. The van der Waals surface area contributed by atoms with Crippen molar-refractivity contribution in [3.05, 3.63) is 71.6 Å². The fourth-order valence-electron chi connectivity index (χ4n) is 3.92. The Hall–Kier alpha value is -2.77. The first-order valence-corrected chi connectivity index (χ1v) is 9.82. The van der Waals surface area contributed by atoms with Gasteiger partial charge in [0.15, 0.2) is 5.82 Å². The Balaban J connectivity index is 1.71. The molecule has 29 heavy (non-hydrogen) atoms. The van der Waals surface area contributed by atoms with E-state index in [1.807, 2.05) is 24.3 Å². The quantitative estimate of drug-likeness (QED) is 0.693. The van der Waals surface area contributed by atoms with E-state index in [1.165, 1.54) is 12.1 Å². The van der Waals surface area contributed by atoms with Crippen molar-refractivity contribution in [3.63, 3.8) is 0 Å². The van der Waals surface area contributed by atoms with Crippen LogP contribution in [0, 0.1) is 5.82 Å². The van der Waals surface area contributed by atoms with Crippen molar-refractivity contribution >= 4 is 0 Å². The van der Waals surface area contributed by atoms with Crippen molar-refractivity contribution in [1.82, 2.24) is 14.8 Å². The average molecular weight is 396 g/mol. The van der Waals surface area contributed by atoms with E-state index in [1.54, 1.807) is 23.9 Å². The zero-order valence-electron chi connectivity index (χ0n) is 16.3. The Labute approximate surface area is 169 Å². The van der Waals surface area contributed by atoms with Crippen molar-refractivity contribution in [2.45, 2.75) is 43.7 Å². The number of aliphatic hydroxyl groups is 1. The molecule has 6 nitrogen and oxygen atoms in total. The summed E-state index contributed by atoms with van der Waals surface area (Å²) in [6.07, 6.45) is 2.08. The van der Waals surface area contributed by atoms with Crippen LogP contribution in [0.25, 0.3) is 5.69 Å². The summed E-state index contributed by atoms with van der Waals surface area (Å²) in [5.74, 6) is 2.03. The standard InChI is InChI=1S/C22H25FN4O2/c1-29-20-5-3-2-4-14(20)13-21-25-22(15-6-11-19(28)18(24)12-15)27(26-21)17-9-7-16(23)8-10-17/h2-5,7-10,15,18-19,28H,6,11-13,24H2,1H3/t15-,18+,19+/m0/s1. The number of aromatic nitrogens is 3. The van der Waals surface area contributed by atoms with Crippen LogP contribution < -0.4 is 10.5 Å². The monoisotopic (exact) mass is 396 g/mol. The van der Waals surface area contributed by atoms with E-state index in [-0.39, 0.29) is 17.8 Å². The van der Waals surface area contributed by atoms with Crippen LogP contribution in [0.1, 0.15) is 42.4 Å². The Morgan fingerprint density at radius 3 is 2.66 bits per heavy atom. The number of nitrogens with two attached hydrogens (primary N) is 1. The largest absolute Gasteiger partial charge is 0.496 e. The van der Waals surface area contributed by atoms with E-state index in [4.69, 9.17) is 20.6 Å². The summed E-state index contributed by atoms with van der Waals surface area (Å²) in [5, 5.41) is 14.7. The normalized spacial score (nSPS) is 21.9. The number of halogens is 1. The maximum absolute atomic E-state index is 13.4. The molecule has 0 amide bonds. The van der Waals surface area contributed by atoms with Gasteiger partial charge in [-0.05, 0) is 49.6 Å². The minimum Gasteiger partial charge on any atom is -0.496 e. The molecule has 0 spiro atoms. The SMILES string of the molecule is COc1ccccc1Cc1nc([C@H]2CC[C@@H](O)[C@H](N)C2)n(-c2ccc(F)cc2)n1. The van der Waals surface area contributed by atoms with Gasteiger partial charge in [-0.1, -0.05) is 18.2 Å². The molecule has 0 radical (unpaired) electrons. The number of aliphatic hydroxyl groups excluding tert-OH is 1. The zero-order chi connectivity index (χ0) is 20.4. The van der Waals surface area contributed by atoms with Crippen LogP contribution >= 0.6 is 0 Å². The van der Waals surface area contributed by atoms with Gasteiger partial charge in [-0.3, -0.25) is 0 Å². The lowest BCUT2D eigenvalue weighted by Gasteiger charge is -2.30. The molecule has 3 N–H and O–H groups in total. The van der Waals surface area contributed by atoms with Gasteiger partial charge in [0, 0.05) is 23.9 Å². The number of nitrogens with zero attached hydrogens (tertiary/aromatic N) is 3. The predicted molar refractivity (Wildman–Crippen MR) is 108 cm³/mol. The van der Waals surface area contributed by atoms with Gasteiger partial charge in [-0.15, -0.1) is 0 Å². The minimum atomic E-state index is -0.485. The second-order valence-electron chi connectivity index (χ2n) is 7.50. The zero-order valence-corrected chi connectivity index (χ0v) is 16.3. The Kier molecular flexibility index (Phi) is 5.60. The van der Waals surface area contributed by atoms with Crippen LogP contribution in [0.15, 0.2) is 48.5 Å². The molecule has 3 atom stereocenters. The molecule has 1 heterocycles. The summed E-state index contributed by atoms with van der Waals surface area (Å²) in [5.41, 5.74) is 7.85. The molecule has 0 saturated heterocycles. The highest BCUT2D eigenvalue weighted by Crippen LogP contribution is 2.33. The molecule has 7 heteroatoms. The maximum Gasteiger partial charge on any atom is 0.155 e. The lowest BCUT2D eigenvalue weighted by atomic mass is 9.83. The molecular formula is C22H25FN4O2. The smallest absolute Gasteiger partial charge is 0.155 e. The summed E-state index contributed by atoms with van der Waals surface area (Å²) >= 11 is 0. The van der Waals surface area contributed by atoms with Crippen LogP contribution in [-0.4, -0.2) is 39.1 Å². The molecule has 1 aliphatic carbocycles. The average Bonchev–Trinajstić information content (AvgIpc) is 3.15. The van der Waals surface area contributed by atoms with Crippen LogP contribution in [0.4, 0.5) is 4.39 Å². The van der Waals surface area contributed by atoms with Gasteiger partial charge in [0.1, 0.15) is 17.4 Å². The molecule has 1 fully saturated rings. The number of methoxy groups -OCH3 is 1. The number of ether oxygens (including phenoxy) is 1. The van der Waals surface area contributed by atoms with Gasteiger partial charge in [-0.2, -0.15) is 5.10 Å². The van der Waals surface area contributed by atoms with Gasteiger partial charge in [0.25, 0.3) is 0 Å². The molecule has 1 aromatic heterocycles. The first-order chi connectivity index (χ1) is 14.0. The van der Waals surface area contributed by atoms with Gasteiger partial charge in [0.2, 0.25) is 0 Å². The van der Waals surface area contributed by atoms with Crippen LogP contribution in [-0.2, 0) is 6.42 Å². The molecule has 1 saturated carbocycles. The van der Waals surface area contributed by atoms with Crippen molar-refractivity contribution in [1.29, 1.82) is 0 Å². The second kappa shape index (κ2) is 8.31. The van der Waals surface area contributed by atoms with Crippen LogP contribution in [0.2, 0.25) is 0 Å². The Morgan fingerprint density at radius 2 is 1.93 bits per heavy atom. The fourth-order valence-corrected chi connectivity index (χ4v) is 3.92. The highest BCUT2D eigenvalue weighted by atomic mass is 19.1. The summed E-state index contributed by atoms with van der Waals surface area (Å²) in [7, 11) is 1.64. The molecule has 152 valence electrons. The lowest BCUT2D eigenvalue weighted by Crippen LogP contribution is -2.40. The van der Waals surface area contributed by atoms with Crippen molar-refractivity contribution in [3.8, 4) is 11.4 Å². The van der Waals surface area contributed by atoms with Crippen LogP contribution in [0.5, 0.6) is 5.75 Å². The summed E-state index contributed by atoms with van der Waals surface area (Å²) < 4.78 is 20.6. The Bertz CT molecular complexity index is 973. The summed E-state index contributed by atoms with van der Waals surface area (Å²) in [4.78, 5) is 4.83. The lowest BCUT2D eigenvalue weighted by molar-refractivity contribution is 0.0989. The third-order valence-corrected chi connectivity index (χ3v) is 5.52. The van der Waals surface area contributed by atoms with E-state index in [0.717, 1.165) is 29.2 Å². The number of hydrogen-bond acceptors (Lipinski definition) is 5. The Morgan fingerprint density at radius 1 is 1.17 bits per heavy atom. The molecule has 0 aliphatic heterocycles. The van der Waals surface area contributed by atoms with Crippen LogP contribution in [0.3, 0.4) is 0 Å². The van der Waals surface area contributed by atoms with Gasteiger partial charge < -0.3 is 15.6 Å². The summed E-state index contributed by atoms with van der Waals surface area (Å²) in [6.45, 7) is 0. The van der Waals surface area contributed by atoms with Crippen molar-refractivity contribution in [2.24, 2.45) is 5.73 Å². The summed E-state index contributed by atoms with van der Waals surface area (Å²) in [6, 6.07) is 13.7. The molecule has 0 bridgehead atoms. The molecule has 4 rings (SSSR count). The number of rotatable bonds is 5. The van der Waals surface area contributed by atoms with E-state index >= 15 is 0 Å². The first-order valence-electron chi connectivity index (χ1n) is 9.82. The predicted octanol–water partition coefficient (Wildman–Crippen LogP) is 2.96. The van der Waals surface area contributed by atoms with Crippen molar-refractivity contribution < 1.29 is 14.2 Å². The number of benzene rings is 2. The molecular weight excluding hydrogens is 371 g/mol. The van der Waals surface area contributed by atoms with Gasteiger partial charge in [-0.25, -0.2) is 14.1 Å². The third-order valence-electron chi connectivity index (χ3n) is 5.52. The topological polar surface area (TPSA) is 86.2 Å². The first kappa shape index (κ1) is 19.5. The van der Waals surface area contributed by atoms with Gasteiger partial charge in [0.05, 0.1) is 18.9 Å². The van der Waals surface area contributed by atoms with E-state index in [2.05, 4.69) is 0 Å². The van der Waals surface area contributed by atoms with Crippen molar-refractivity contribution in [2.75, 3.05) is 7.11 Å². The molecule has 0 unspecified atom stereocenters. The maximum atomic E-state index is 13.4. The minimum absolute atomic E-state index is 0.0809. The molecule has 3 aromatic rings. The highest BCUT2D eigenvalue weighted by molar-refractivity contribution is 5.36. The second-order valence-corrected chi connectivity index (χ2v) is 7.50. The fraction of sp³-hybridized carbons (Fsp3) is 0.364.